The molecule has 3 rings (SSSR count). The third-order valence-electron chi connectivity index (χ3n) is 3.80. The molecule has 5 nitrogen and oxygen atoms in total. The number of amides is 3. The fourth-order valence-corrected chi connectivity index (χ4v) is 2.88. The number of hydrogen-bond acceptors (Lipinski definition) is 3. The van der Waals surface area contributed by atoms with Crippen molar-refractivity contribution in [1.82, 2.24) is 5.32 Å². The molecule has 2 fully saturated rings. The summed E-state index contributed by atoms with van der Waals surface area (Å²) < 4.78 is 0. The highest BCUT2D eigenvalue weighted by Crippen LogP contribution is 2.32. The van der Waals surface area contributed by atoms with Gasteiger partial charge in [-0.25, -0.2) is 9.69 Å². The number of carbonyl (C=O) groups is 2. The minimum atomic E-state index is -0.386. The zero-order valence-electron chi connectivity index (χ0n) is 10.3. The fraction of sp³-hybridized carbons (Fsp3) is 0.357. The predicted molar refractivity (Wildman–Crippen MR) is 68.3 cm³/mol. The van der Waals surface area contributed by atoms with Gasteiger partial charge in [0.05, 0.1) is 23.2 Å². The van der Waals surface area contributed by atoms with Crippen LogP contribution in [0.3, 0.4) is 0 Å². The van der Waals surface area contributed by atoms with Crippen LogP contribution in [-0.4, -0.2) is 18.0 Å². The average Bonchev–Trinajstić information content (AvgIpc) is 2.87. The second-order valence-corrected chi connectivity index (χ2v) is 4.93. The minimum absolute atomic E-state index is 0.0181. The summed E-state index contributed by atoms with van der Waals surface area (Å²) in [5.41, 5.74) is 0.901. The maximum atomic E-state index is 12.4. The number of urea groups is 1. The van der Waals surface area contributed by atoms with E-state index in [9.17, 15) is 9.59 Å². The Morgan fingerprint density at radius 1 is 1.32 bits per heavy atom. The van der Waals surface area contributed by atoms with Crippen LogP contribution in [0.5, 0.6) is 0 Å². The maximum Gasteiger partial charge on any atom is 0.328 e. The fourth-order valence-electron chi connectivity index (χ4n) is 2.88. The first-order valence-corrected chi connectivity index (χ1v) is 6.35. The molecule has 3 amide bonds. The van der Waals surface area contributed by atoms with E-state index < -0.39 is 0 Å². The Balaban J connectivity index is 1.97. The smallest absolute Gasteiger partial charge is 0.328 e. The van der Waals surface area contributed by atoms with E-state index in [-0.39, 0.29) is 23.9 Å². The number of nitriles is 1. The first-order chi connectivity index (χ1) is 9.20. The Labute approximate surface area is 110 Å². The molecule has 1 saturated heterocycles. The third kappa shape index (κ3) is 1.85. The average molecular weight is 255 g/mol. The van der Waals surface area contributed by atoms with Gasteiger partial charge in [-0.1, -0.05) is 12.5 Å². The zero-order chi connectivity index (χ0) is 13.4. The number of hydrogen-bond donors (Lipinski definition) is 1. The lowest BCUT2D eigenvalue weighted by atomic mass is 9.99. The molecule has 2 unspecified atom stereocenters. The van der Waals surface area contributed by atoms with Gasteiger partial charge >= 0.3 is 6.03 Å². The van der Waals surface area contributed by atoms with Crippen LogP contribution >= 0.6 is 0 Å². The van der Waals surface area contributed by atoms with Gasteiger partial charge in [0.15, 0.2) is 0 Å². The Morgan fingerprint density at radius 3 is 2.95 bits per heavy atom. The molecule has 0 spiro atoms. The standard InChI is InChI=1S/C14H13N3O2/c15-8-9-3-1-4-10(7-9)17-13(18)11-5-2-6-12(11)16-14(17)19/h1,3-4,7,11-12H,2,5-6H2,(H,16,19). The Kier molecular flexibility index (Phi) is 2.71. The SMILES string of the molecule is N#Cc1cccc(N2C(=O)NC3CCCC3C2=O)c1. The summed E-state index contributed by atoms with van der Waals surface area (Å²) >= 11 is 0. The van der Waals surface area contributed by atoms with Crippen molar-refractivity contribution in [3.63, 3.8) is 0 Å². The molecule has 1 aromatic carbocycles. The highest BCUT2D eigenvalue weighted by molar-refractivity contribution is 6.17. The van der Waals surface area contributed by atoms with Crippen molar-refractivity contribution in [3.05, 3.63) is 29.8 Å². The first-order valence-electron chi connectivity index (χ1n) is 6.35. The lowest BCUT2D eigenvalue weighted by Gasteiger charge is -2.33. The molecule has 1 aliphatic carbocycles. The molecule has 2 aliphatic rings. The van der Waals surface area contributed by atoms with Crippen molar-refractivity contribution in [2.24, 2.45) is 5.92 Å². The van der Waals surface area contributed by atoms with Crippen LogP contribution in [0.15, 0.2) is 24.3 Å². The summed E-state index contributed by atoms with van der Waals surface area (Å²) in [6.07, 6.45) is 2.65. The van der Waals surface area contributed by atoms with Crippen LogP contribution in [0.2, 0.25) is 0 Å². The van der Waals surface area contributed by atoms with Crippen molar-refractivity contribution in [2.45, 2.75) is 25.3 Å². The van der Waals surface area contributed by atoms with Crippen molar-refractivity contribution >= 4 is 17.6 Å². The predicted octanol–water partition coefficient (Wildman–Crippen LogP) is 1.78. The van der Waals surface area contributed by atoms with Gasteiger partial charge in [-0.15, -0.1) is 0 Å². The Bertz CT molecular complexity index is 591. The summed E-state index contributed by atoms with van der Waals surface area (Å²) in [7, 11) is 0. The summed E-state index contributed by atoms with van der Waals surface area (Å²) in [4.78, 5) is 25.6. The molecular weight excluding hydrogens is 242 g/mol. The monoisotopic (exact) mass is 255 g/mol. The normalized spacial score (nSPS) is 25.7. The topological polar surface area (TPSA) is 73.2 Å². The van der Waals surface area contributed by atoms with E-state index >= 15 is 0 Å². The quantitative estimate of drug-likeness (QED) is 0.831. The van der Waals surface area contributed by atoms with Crippen LogP contribution in [0, 0.1) is 17.2 Å². The lowest BCUT2D eigenvalue weighted by molar-refractivity contribution is -0.122. The minimum Gasteiger partial charge on any atom is -0.334 e. The van der Waals surface area contributed by atoms with Crippen LogP contribution in [-0.2, 0) is 4.79 Å². The van der Waals surface area contributed by atoms with Gasteiger partial charge in [0.1, 0.15) is 0 Å². The van der Waals surface area contributed by atoms with E-state index in [1.807, 2.05) is 6.07 Å². The van der Waals surface area contributed by atoms with Gasteiger partial charge in [-0.05, 0) is 31.0 Å². The number of rotatable bonds is 1. The highest BCUT2D eigenvalue weighted by Gasteiger charge is 2.43. The van der Waals surface area contributed by atoms with Gasteiger partial charge in [-0.3, -0.25) is 4.79 Å². The lowest BCUT2D eigenvalue weighted by Crippen LogP contribution is -2.58. The molecule has 96 valence electrons. The molecule has 1 aromatic rings. The number of fused-ring (bicyclic) bond motifs is 1. The second kappa shape index (κ2) is 4.39. The van der Waals surface area contributed by atoms with Crippen molar-refractivity contribution in [2.75, 3.05) is 4.90 Å². The molecule has 19 heavy (non-hydrogen) atoms. The van der Waals surface area contributed by atoms with Crippen LogP contribution in [0.25, 0.3) is 0 Å². The number of benzene rings is 1. The van der Waals surface area contributed by atoms with E-state index in [4.69, 9.17) is 5.26 Å². The van der Waals surface area contributed by atoms with E-state index in [0.717, 1.165) is 24.2 Å². The summed E-state index contributed by atoms with van der Waals surface area (Å²) in [6, 6.07) is 8.17. The van der Waals surface area contributed by atoms with Crippen molar-refractivity contribution < 1.29 is 9.59 Å². The van der Waals surface area contributed by atoms with Gasteiger partial charge in [0, 0.05) is 6.04 Å². The third-order valence-corrected chi connectivity index (χ3v) is 3.80. The van der Waals surface area contributed by atoms with Crippen molar-refractivity contribution in [1.29, 1.82) is 5.26 Å². The maximum absolute atomic E-state index is 12.4. The van der Waals surface area contributed by atoms with Crippen LogP contribution < -0.4 is 10.2 Å². The molecule has 1 aliphatic heterocycles. The number of nitrogens with one attached hydrogen (secondary N) is 1. The molecule has 2 atom stereocenters. The number of nitrogens with zero attached hydrogens (tertiary/aromatic N) is 2. The van der Waals surface area contributed by atoms with E-state index in [0.29, 0.717) is 11.3 Å². The number of carbonyl (C=O) groups excluding carboxylic acids is 2. The van der Waals surface area contributed by atoms with Crippen LogP contribution in [0.4, 0.5) is 10.5 Å². The summed E-state index contributed by atoms with van der Waals surface area (Å²) in [5.74, 6) is -0.273. The van der Waals surface area contributed by atoms with E-state index in [1.165, 1.54) is 0 Å². The first kappa shape index (κ1) is 11.7. The van der Waals surface area contributed by atoms with Gasteiger partial charge in [-0.2, -0.15) is 5.26 Å². The molecule has 1 saturated carbocycles. The van der Waals surface area contributed by atoms with E-state index in [2.05, 4.69) is 5.32 Å². The van der Waals surface area contributed by atoms with Crippen molar-refractivity contribution in [3.8, 4) is 6.07 Å². The summed E-state index contributed by atoms with van der Waals surface area (Å²) in [6.45, 7) is 0. The molecule has 5 heteroatoms. The molecule has 1 heterocycles. The molecule has 1 N–H and O–H groups in total. The Morgan fingerprint density at radius 2 is 2.16 bits per heavy atom. The highest BCUT2D eigenvalue weighted by atomic mass is 16.2. The second-order valence-electron chi connectivity index (χ2n) is 4.93. The number of anilines is 1. The van der Waals surface area contributed by atoms with Gasteiger partial charge in [0.25, 0.3) is 0 Å². The molecule has 0 bridgehead atoms. The molecular formula is C14H13N3O2. The summed E-state index contributed by atoms with van der Waals surface area (Å²) in [5, 5.41) is 11.8. The largest absolute Gasteiger partial charge is 0.334 e. The molecule has 0 radical (unpaired) electrons. The number of imide groups is 1. The molecule has 0 aromatic heterocycles. The van der Waals surface area contributed by atoms with Gasteiger partial charge in [0.2, 0.25) is 5.91 Å². The Hall–Kier alpha value is -2.35. The van der Waals surface area contributed by atoms with E-state index in [1.54, 1.807) is 24.3 Å². The van der Waals surface area contributed by atoms with Gasteiger partial charge < -0.3 is 5.32 Å². The van der Waals surface area contributed by atoms with Crippen LogP contribution in [0.1, 0.15) is 24.8 Å². The zero-order valence-corrected chi connectivity index (χ0v) is 10.3.